The standard InChI is InChI=1S/C9H13N3.2ClH/c10-8-3-1-2-4-9(8)12-6-5-11-7-12;;/h1-4,11H,5-7,10H2;2*1H. The molecule has 3 nitrogen and oxygen atoms in total. The van der Waals surface area contributed by atoms with Crippen LogP contribution in [-0.4, -0.2) is 19.8 Å². The molecule has 1 aliphatic rings. The Kier molecular flexibility index (Phi) is 5.69. The summed E-state index contributed by atoms with van der Waals surface area (Å²) in [7, 11) is 0. The number of halogens is 2. The minimum atomic E-state index is 0. The highest BCUT2D eigenvalue weighted by Crippen LogP contribution is 2.22. The maximum absolute atomic E-state index is 5.83. The van der Waals surface area contributed by atoms with E-state index in [2.05, 4.69) is 16.3 Å². The van der Waals surface area contributed by atoms with E-state index in [1.807, 2.05) is 18.2 Å². The van der Waals surface area contributed by atoms with Gasteiger partial charge in [0.15, 0.2) is 0 Å². The minimum Gasteiger partial charge on any atom is -0.397 e. The molecule has 0 unspecified atom stereocenters. The van der Waals surface area contributed by atoms with Crippen molar-refractivity contribution >= 4 is 36.2 Å². The van der Waals surface area contributed by atoms with E-state index in [-0.39, 0.29) is 24.8 Å². The summed E-state index contributed by atoms with van der Waals surface area (Å²) in [4.78, 5) is 2.25. The van der Waals surface area contributed by atoms with E-state index in [0.29, 0.717) is 0 Å². The van der Waals surface area contributed by atoms with E-state index in [4.69, 9.17) is 5.73 Å². The number of nitrogen functional groups attached to an aromatic ring is 1. The first kappa shape index (κ1) is 13.4. The summed E-state index contributed by atoms with van der Waals surface area (Å²) in [5.74, 6) is 0. The molecule has 2 rings (SSSR count). The summed E-state index contributed by atoms with van der Waals surface area (Å²) in [6.07, 6.45) is 0. The summed E-state index contributed by atoms with van der Waals surface area (Å²) < 4.78 is 0. The number of benzene rings is 1. The van der Waals surface area contributed by atoms with Crippen LogP contribution in [0.2, 0.25) is 0 Å². The second-order valence-electron chi connectivity index (χ2n) is 2.98. The number of nitrogens with one attached hydrogen (secondary N) is 1. The van der Waals surface area contributed by atoms with Crippen molar-refractivity contribution in [2.75, 3.05) is 30.4 Å². The first-order chi connectivity index (χ1) is 5.88. The first-order valence-corrected chi connectivity index (χ1v) is 4.18. The number of para-hydroxylation sites is 2. The maximum atomic E-state index is 5.83. The molecule has 80 valence electrons. The molecule has 5 heteroatoms. The number of rotatable bonds is 1. The van der Waals surface area contributed by atoms with Gasteiger partial charge in [0.05, 0.1) is 18.0 Å². The van der Waals surface area contributed by atoms with Crippen LogP contribution < -0.4 is 16.0 Å². The van der Waals surface area contributed by atoms with Crippen molar-refractivity contribution in [3.63, 3.8) is 0 Å². The highest BCUT2D eigenvalue weighted by Gasteiger charge is 2.12. The van der Waals surface area contributed by atoms with Gasteiger partial charge in [0.2, 0.25) is 0 Å². The normalized spacial score (nSPS) is 14.4. The van der Waals surface area contributed by atoms with E-state index in [0.717, 1.165) is 31.1 Å². The minimum absolute atomic E-state index is 0. The number of hydrogen-bond acceptors (Lipinski definition) is 3. The van der Waals surface area contributed by atoms with Gasteiger partial charge in [-0.1, -0.05) is 12.1 Å². The van der Waals surface area contributed by atoms with Gasteiger partial charge in [0, 0.05) is 13.1 Å². The van der Waals surface area contributed by atoms with Crippen molar-refractivity contribution in [3.05, 3.63) is 24.3 Å². The van der Waals surface area contributed by atoms with Crippen LogP contribution >= 0.6 is 24.8 Å². The molecular weight excluding hydrogens is 221 g/mol. The average Bonchev–Trinajstić information content (AvgIpc) is 2.57. The molecule has 1 saturated heterocycles. The molecular formula is C9H15Cl2N3. The van der Waals surface area contributed by atoms with E-state index in [1.165, 1.54) is 0 Å². The van der Waals surface area contributed by atoms with Crippen LogP contribution in [0.15, 0.2) is 24.3 Å². The largest absolute Gasteiger partial charge is 0.397 e. The van der Waals surface area contributed by atoms with E-state index >= 15 is 0 Å². The fourth-order valence-electron chi connectivity index (χ4n) is 1.49. The predicted octanol–water partition coefficient (Wildman–Crippen LogP) is 1.48. The van der Waals surface area contributed by atoms with Gasteiger partial charge in [-0.25, -0.2) is 0 Å². The van der Waals surface area contributed by atoms with Gasteiger partial charge in [0.1, 0.15) is 0 Å². The molecule has 1 aliphatic heterocycles. The lowest BCUT2D eigenvalue weighted by Crippen LogP contribution is -2.21. The lowest BCUT2D eigenvalue weighted by atomic mass is 10.2. The Morgan fingerprint density at radius 1 is 1.21 bits per heavy atom. The van der Waals surface area contributed by atoms with Crippen LogP contribution in [0.5, 0.6) is 0 Å². The van der Waals surface area contributed by atoms with Gasteiger partial charge >= 0.3 is 0 Å². The Labute approximate surface area is 96.5 Å². The summed E-state index contributed by atoms with van der Waals surface area (Å²) in [6, 6.07) is 7.97. The molecule has 0 radical (unpaired) electrons. The van der Waals surface area contributed by atoms with Gasteiger partial charge < -0.3 is 10.6 Å². The van der Waals surface area contributed by atoms with Gasteiger partial charge in [-0.15, -0.1) is 24.8 Å². The van der Waals surface area contributed by atoms with Crippen LogP contribution in [0.4, 0.5) is 11.4 Å². The Hall–Kier alpha value is -0.640. The summed E-state index contributed by atoms with van der Waals surface area (Å²) >= 11 is 0. The highest BCUT2D eigenvalue weighted by molar-refractivity contribution is 5.85. The van der Waals surface area contributed by atoms with Crippen molar-refractivity contribution in [3.8, 4) is 0 Å². The number of anilines is 2. The SMILES string of the molecule is Cl.Cl.Nc1ccccc1N1CCNC1. The topological polar surface area (TPSA) is 41.3 Å². The zero-order valence-electron chi connectivity index (χ0n) is 7.77. The first-order valence-electron chi connectivity index (χ1n) is 4.18. The van der Waals surface area contributed by atoms with E-state index < -0.39 is 0 Å². The lowest BCUT2D eigenvalue weighted by molar-refractivity contribution is 0.855. The van der Waals surface area contributed by atoms with Crippen LogP contribution in [-0.2, 0) is 0 Å². The molecule has 1 aromatic carbocycles. The van der Waals surface area contributed by atoms with Gasteiger partial charge in [-0.05, 0) is 12.1 Å². The zero-order valence-corrected chi connectivity index (χ0v) is 9.40. The molecule has 0 aromatic heterocycles. The maximum Gasteiger partial charge on any atom is 0.0683 e. The highest BCUT2D eigenvalue weighted by atomic mass is 35.5. The third-order valence-electron chi connectivity index (χ3n) is 2.14. The molecule has 0 atom stereocenters. The molecule has 0 bridgehead atoms. The molecule has 3 N–H and O–H groups in total. The van der Waals surface area contributed by atoms with Crippen molar-refractivity contribution in [1.29, 1.82) is 0 Å². The Morgan fingerprint density at radius 3 is 2.50 bits per heavy atom. The van der Waals surface area contributed by atoms with Crippen LogP contribution in [0.3, 0.4) is 0 Å². The lowest BCUT2D eigenvalue weighted by Gasteiger charge is -2.18. The Bertz CT molecular complexity index is 275. The van der Waals surface area contributed by atoms with Crippen LogP contribution in [0.1, 0.15) is 0 Å². The molecule has 1 aromatic rings. The van der Waals surface area contributed by atoms with Crippen molar-refractivity contribution in [2.45, 2.75) is 0 Å². The molecule has 14 heavy (non-hydrogen) atoms. The van der Waals surface area contributed by atoms with Crippen LogP contribution in [0.25, 0.3) is 0 Å². The summed E-state index contributed by atoms with van der Waals surface area (Å²) in [5, 5.41) is 3.27. The second kappa shape index (κ2) is 5.96. The fraction of sp³-hybridized carbons (Fsp3) is 0.333. The van der Waals surface area contributed by atoms with Crippen molar-refractivity contribution < 1.29 is 0 Å². The van der Waals surface area contributed by atoms with Crippen molar-refractivity contribution in [2.24, 2.45) is 0 Å². The van der Waals surface area contributed by atoms with Gasteiger partial charge in [0.25, 0.3) is 0 Å². The van der Waals surface area contributed by atoms with Gasteiger partial charge in [-0.3, -0.25) is 5.32 Å². The molecule has 0 aliphatic carbocycles. The zero-order chi connectivity index (χ0) is 8.39. The molecule has 1 heterocycles. The molecule has 1 fully saturated rings. The number of hydrogen-bond donors (Lipinski definition) is 2. The summed E-state index contributed by atoms with van der Waals surface area (Å²) in [5.41, 5.74) is 7.83. The Morgan fingerprint density at radius 2 is 1.93 bits per heavy atom. The number of nitrogens with zero attached hydrogens (tertiary/aromatic N) is 1. The van der Waals surface area contributed by atoms with E-state index in [9.17, 15) is 0 Å². The molecule has 0 amide bonds. The predicted molar refractivity (Wildman–Crippen MR) is 65.6 cm³/mol. The third-order valence-corrected chi connectivity index (χ3v) is 2.14. The third kappa shape index (κ3) is 2.67. The molecule has 0 spiro atoms. The van der Waals surface area contributed by atoms with Crippen molar-refractivity contribution in [1.82, 2.24) is 5.32 Å². The number of nitrogens with two attached hydrogens (primary N) is 1. The second-order valence-corrected chi connectivity index (χ2v) is 2.98. The van der Waals surface area contributed by atoms with E-state index in [1.54, 1.807) is 0 Å². The summed E-state index contributed by atoms with van der Waals surface area (Å²) in [6.45, 7) is 3.01. The smallest absolute Gasteiger partial charge is 0.0683 e. The quantitative estimate of drug-likeness (QED) is 0.725. The average molecular weight is 236 g/mol. The Balaban J connectivity index is 0.000000845. The monoisotopic (exact) mass is 235 g/mol. The van der Waals surface area contributed by atoms with Crippen LogP contribution in [0, 0.1) is 0 Å². The molecule has 0 saturated carbocycles. The fourth-order valence-corrected chi connectivity index (χ4v) is 1.49. The van der Waals surface area contributed by atoms with Gasteiger partial charge in [-0.2, -0.15) is 0 Å².